The lowest BCUT2D eigenvalue weighted by atomic mass is 9.95. The summed E-state index contributed by atoms with van der Waals surface area (Å²) >= 11 is 1.89. The van der Waals surface area contributed by atoms with Crippen LogP contribution >= 0.6 is 11.3 Å². The van der Waals surface area contributed by atoms with Crippen molar-refractivity contribution in [2.24, 2.45) is 0 Å². The summed E-state index contributed by atoms with van der Waals surface area (Å²) in [5.74, 6) is 0.712. The molecule has 0 radical (unpaired) electrons. The fourth-order valence-electron chi connectivity index (χ4n) is 9.77. The molecule has 4 aromatic heterocycles. The summed E-state index contributed by atoms with van der Waals surface area (Å²) in [5.41, 5.74) is 15.9. The molecule has 4 heterocycles. The molecule has 0 saturated carbocycles. The monoisotopic (exact) mass is 835 g/mol. The van der Waals surface area contributed by atoms with Crippen molar-refractivity contribution in [3.63, 3.8) is 0 Å². The van der Waals surface area contributed by atoms with E-state index in [4.69, 9.17) is 14.4 Å². The Bertz CT molecular complexity index is 3940. The summed E-state index contributed by atoms with van der Waals surface area (Å²) in [6, 6.07) is 73.5. The van der Waals surface area contributed by atoms with Crippen molar-refractivity contribution in [3.05, 3.63) is 212 Å². The first-order valence-electron chi connectivity index (χ1n) is 21.6. The number of fused-ring (bicyclic) bond motifs is 10. The Balaban J connectivity index is 0.943. The lowest BCUT2D eigenvalue weighted by molar-refractivity contribution is 0.669. The molecule has 13 rings (SSSR count). The number of rotatable bonds is 6. The summed E-state index contributed by atoms with van der Waals surface area (Å²) in [5, 5.41) is 7.36. The number of aromatic nitrogens is 3. The van der Waals surface area contributed by atoms with E-state index < -0.39 is 0 Å². The van der Waals surface area contributed by atoms with E-state index >= 15 is 0 Å². The molecule has 0 amide bonds. The van der Waals surface area contributed by atoms with Crippen LogP contribution in [0.4, 0.5) is 0 Å². The Labute approximate surface area is 373 Å². The van der Waals surface area contributed by atoms with Crippen LogP contribution in [0.3, 0.4) is 0 Å². The SMILES string of the molecule is Cc1c(-c2ccccc2)nc(-c2ccccc2)nc1-c1ccc(-c2cccc3oc4ccc(-c5ccc6c(c5)c5c7sc8ccccc8c7ccc5n6-c5ccccc5)cc4c23)cc1. The summed E-state index contributed by atoms with van der Waals surface area (Å²) in [7, 11) is 0. The minimum atomic E-state index is 0.712. The quantitative estimate of drug-likeness (QED) is 0.168. The number of nitrogens with zero attached hydrogens (tertiary/aromatic N) is 3. The maximum atomic E-state index is 6.56. The van der Waals surface area contributed by atoms with Crippen molar-refractivity contribution in [1.82, 2.24) is 14.5 Å². The van der Waals surface area contributed by atoms with E-state index in [0.29, 0.717) is 5.82 Å². The minimum absolute atomic E-state index is 0.712. The number of para-hydroxylation sites is 1. The van der Waals surface area contributed by atoms with E-state index in [1.54, 1.807) is 0 Å². The van der Waals surface area contributed by atoms with E-state index in [2.05, 4.69) is 193 Å². The van der Waals surface area contributed by atoms with Crippen LogP contribution in [0.1, 0.15) is 5.56 Å². The van der Waals surface area contributed by atoms with Gasteiger partial charge < -0.3 is 8.98 Å². The largest absolute Gasteiger partial charge is 0.456 e. The van der Waals surface area contributed by atoms with Crippen molar-refractivity contribution < 1.29 is 4.42 Å². The zero-order chi connectivity index (χ0) is 42.3. The van der Waals surface area contributed by atoms with Crippen molar-refractivity contribution in [2.75, 3.05) is 0 Å². The molecule has 0 unspecified atom stereocenters. The lowest BCUT2D eigenvalue weighted by Crippen LogP contribution is -2.00. The molecule has 0 N–H and O–H groups in total. The van der Waals surface area contributed by atoms with Gasteiger partial charge in [0, 0.05) is 69.7 Å². The fourth-order valence-corrected chi connectivity index (χ4v) is 11.0. The maximum Gasteiger partial charge on any atom is 0.160 e. The van der Waals surface area contributed by atoms with Crippen molar-refractivity contribution in [3.8, 4) is 61.8 Å². The van der Waals surface area contributed by atoms with Gasteiger partial charge in [0.2, 0.25) is 0 Å². The topological polar surface area (TPSA) is 43.9 Å². The second-order valence-corrected chi connectivity index (χ2v) is 17.6. The number of furan rings is 1. The lowest BCUT2D eigenvalue weighted by Gasteiger charge is -2.14. The molecule has 4 nitrogen and oxygen atoms in total. The molecule has 13 aromatic rings. The molecular weight excluding hydrogens is 799 g/mol. The molecule has 0 aliphatic heterocycles. The molecular formula is C59H37N3OS. The predicted molar refractivity (Wildman–Crippen MR) is 268 cm³/mol. The van der Waals surface area contributed by atoms with Crippen LogP contribution < -0.4 is 0 Å². The molecule has 64 heavy (non-hydrogen) atoms. The van der Waals surface area contributed by atoms with Crippen LogP contribution in [0.5, 0.6) is 0 Å². The Morgan fingerprint density at radius 3 is 1.80 bits per heavy atom. The number of benzene rings is 9. The number of hydrogen-bond donors (Lipinski definition) is 0. The van der Waals surface area contributed by atoms with Gasteiger partial charge in [-0.15, -0.1) is 11.3 Å². The first-order valence-corrected chi connectivity index (χ1v) is 22.5. The molecule has 0 spiro atoms. The summed E-state index contributed by atoms with van der Waals surface area (Å²) in [6.45, 7) is 2.12. The van der Waals surface area contributed by atoms with Gasteiger partial charge in [-0.1, -0.05) is 152 Å². The second-order valence-electron chi connectivity index (χ2n) is 16.5. The zero-order valence-corrected chi connectivity index (χ0v) is 35.6. The van der Waals surface area contributed by atoms with Crippen molar-refractivity contribution in [1.29, 1.82) is 0 Å². The van der Waals surface area contributed by atoms with Gasteiger partial charge in [-0.3, -0.25) is 0 Å². The predicted octanol–water partition coefficient (Wildman–Crippen LogP) is 16.5. The van der Waals surface area contributed by atoms with Gasteiger partial charge >= 0.3 is 0 Å². The van der Waals surface area contributed by atoms with E-state index in [1.165, 1.54) is 47.5 Å². The normalized spacial score (nSPS) is 11.8. The molecule has 9 aromatic carbocycles. The highest BCUT2D eigenvalue weighted by Crippen LogP contribution is 2.45. The molecule has 5 heteroatoms. The Hall–Kier alpha value is -8.12. The van der Waals surface area contributed by atoms with Crippen LogP contribution in [0.25, 0.3) is 126 Å². The van der Waals surface area contributed by atoms with Gasteiger partial charge in [0.25, 0.3) is 0 Å². The highest BCUT2D eigenvalue weighted by Gasteiger charge is 2.20. The standard InChI is InChI=1S/C59H37N3OS/c1-36-56(38-14-5-2-6-15-38)60-59(40-16-7-3-8-17-40)61-57(36)39-26-24-37(25-27-39)44-21-13-22-52-54(44)48-35-42(29-33-51(48)63-52)41-28-31-49-47(34-41)55-50(62(49)43-18-9-4-10-19-43)32-30-46-45-20-11-12-23-53(45)64-58(46)55/h2-35H,1H3. The molecule has 0 saturated heterocycles. The third kappa shape index (κ3) is 5.75. The van der Waals surface area contributed by atoms with Crippen molar-refractivity contribution >= 4 is 75.3 Å². The second kappa shape index (κ2) is 14.5. The zero-order valence-electron chi connectivity index (χ0n) is 34.8. The number of hydrogen-bond acceptors (Lipinski definition) is 4. The van der Waals surface area contributed by atoms with E-state index in [9.17, 15) is 0 Å². The molecule has 0 fully saturated rings. The molecule has 0 aliphatic carbocycles. The Morgan fingerprint density at radius 1 is 0.422 bits per heavy atom. The van der Waals surface area contributed by atoms with Crippen LogP contribution in [0.15, 0.2) is 211 Å². The average molecular weight is 836 g/mol. The third-order valence-corrected chi connectivity index (χ3v) is 14.0. The average Bonchev–Trinajstić information content (AvgIpc) is 4.04. The highest BCUT2D eigenvalue weighted by atomic mass is 32.1. The van der Waals surface area contributed by atoms with Crippen LogP contribution in [0, 0.1) is 6.92 Å². The van der Waals surface area contributed by atoms with Crippen molar-refractivity contribution in [2.45, 2.75) is 6.92 Å². The van der Waals surface area contributed by atoms with Gasteiger partial charge in [0.15, 0.2) is 5.82 Å². The minimum Gasteiger partial charge on any atom is -0.456 e. The highest BCUT2D eigenvalue weighted by molar-refractivity contribution is 7.26. The first-order chi connectivity index (χ1) is 31.6. The van der Waals surface area contributed by atoms with Crippen LogP contribution in [-0.2, 0) is 0 Å². The van der Waals surface area contributed by atoms with Crippen LogP contribution in [-0.4, -0.2) is 14.5 Å². The van der Waals surface area contributed by atoms with Gasteiger partial charge in [-0.25, -0.2) is 9.97 Å². The molecule has 300 valence electrons. The van der Waals surface area contributed by atoms with Gasteiger partial charge in [0.05, 0.1) is 22.4 Å². The first kappa shape index (κ1) is 36.5. The maximum absolute atomic E-state index is 6.56. The Morgan fingerprint density at radius 2 is 1.03 bits per heavy atom. The summed E-state index contributed by atoms with van der Waals surface area (Å²) < 4.78 is 11.6. The summed E-state index contributed by atoms with van der Waals surface area (Å²) in [6.07, 6.45) is 0. The molecule has 0 aliphatic rings. The Kier molecular flexibility index (Phi) is 8.27. The third-order valence-electron chi connectivity index (χ3n) is 12.8. The summed E-state index contributed by atoms with van der Waals surface area (Å²) in [4.78, 5) is 10.3. The van der Waals surface area contributed by atoms with E-state index in [-0.39, 0.29) is 0 Å². The fraction of sp³-hybridized carbons (Fsp3) is 0.0169. The smallest absolute Gasteiger partial charge is 0.160 e. The number of thiophene rings is 1. The molecule has 0 bridgehead atoms. The van der Waals surface area contributed by atoms with Gasteiger partial charge in [0.1, 0.15) is 11.2 Å². The molecule has 0 atom stereocenters. The van der Waals surface area contributed by atoms with Crippen LogP contribution in [0.2, 0.25) is 0 Å². The van der Waals surface area contributed by atoms with E-state index in [1.807, 2.05) is 35.6 Å². The van der Waals surface area contributed by atoms with Gasteiger partial charge in [-0.05, 0) is 83.8 Å². The van der Waals surface area contributed by atoms with Gasteiger partial charge in [-0.2, -0.15) is 0 Å². The van der Waals surface area contributed by atoms with E-state index in [0.717, 1.165) is 78.0 Å².